The summed E-state index contributed by atoms with van der Waals surface area (Å²) in [4.78, 5) is 27.3. The molecule has 0 radical (unpaired) electrons. The van der Waals surface area contributed by atoms with E-state index >= 15 is 0 Å². The lowest BCUT2D eigenvalue weighted by molar-refractivity contribution is -0.121. The number of aromatic nitrogens is 2. The van der Waals surface area contributed by atoms with Crippen molar-refractivity contribution in [3.8, 4) is 0 Å². The number of benzene rings is 1. The average Bonchev–Trinajstić information content (AvgIpc) is 2.94. The Balaban J connectivity index is 1.60. The monoisotopic (exact) mass is 404 g/mol. The van der Waals surface area contributed by atoms with E-state index in [0.29, 0.717) is 25.9 Å². The van der Waals surface area contributed by atoms with Gasteiger partial charge in [0.15, 0.2) is 5.78 Å². The Hall–Kier alpha value is -2.61. The molecule has 1 saturated heterocycles. The molecule has 8 heteroatoms. The molecule has 2 aromatic rings. The predicted molar refractivity (Wildman–Crippen MR) is 106 cm³/mol. The van der Waals surface area contributed by atoms with Gasteiger partial charge >= 0.3 is 0 Å². The lowest BCUT2D eigenvalue weighted by atomic mass is 9.88. The smallest absolute Gasteiger partial charge is 0.241 e. The number of rotatable bonds is 5. The van der Waals surface area contributed by atoms with E-state index in [9.17, 15) is 18.4 Å². The van der Waals surface area contributed by atoms with E-state index in [1.807, 2.05) is 32.7 Å². The van der Waals surface area contributed by atoms with Gasteiger partial charge in [-0.15, -0.1) is 0 Å². The highest BCUT2D eigenvalue weighted by Gasteiger charge is 2.31. The topological polar surface area (TPSA) is 67.2 Å². The molecule has 1 aromatic carbocycles. The van der Waals surface area contributed by atoms with Gasteiger partial charge in [-0.1, -0.05) is 0 Å². The first-order valence-electron chi connectivity index (χ1n) is 9.73. The van der Waals surface area contributed by atoms with E-state index < -0.39 is 11.6 Å². The number of amides is 1. The molecule has 29 heavy (non-hydrogen) atoms. The minimum Gasteiger partial charge on any atom is -0.322 e. The number of likely N-dealkylation sites (tertiary alicyclic amines) is 1. The van der Waals surface area contributed by atoms with Crippen LogP contribution in [0, 0.1) is 31.4 Å². The highest BCUT2D eigenvalue weighted by atomic mass is 19.1. The first-order chi connectivity index (χ1) is 13.7. The van der Waals surface area contributed by atoms with Crippen LogP contribution >= 0.6 is 0 Å². The van der Waals surface area contributed by atoms with Crippen molar-refractivity contribution < 1.29 is 18.4 Å². The van der Waals surface area contributed by atoms with Gasteiger partial charge in [-0.2, -0.15) is 5.10 Å². The minimum atomic E-state index is -0.700. The molecule has 6 nitrogen and oxygen atoms in total. The predicted octanol–water partition coefficient (Wildman–Crippen LogP) is 3.24. The third-order valence-electron chi connectivity index (χ3n) is 5.78. The maximum Gasteiger partial charge on any atom is 0.241 e. The van der Waals surface area contributed by atoms with Crippen LogP contribution in [0.1, 0.15) is 41.5 Å². The van der Waals surface area contributed by atoms with Crippen LogP contribution in [0.2, 0.25) is 0 Å². The van der Waals surface area contributed by atoms with Crippen molar-refractivity contribution in [2.75, 3.05) is 18.4 Å². The molecule has 1 fully saturated rings. The van der Waals surface area contributed by atoms with Crippen LogP contribution < -0.4 is 5.32 Å². The molecule has 1 amide bonds. The number of aryl methyl sites for hydroxylation is 2. The fraction of sp³-hybridized carbons (Fsp3) is 0.476. The highest BCUT2D eigenvalue weighted by molar-refractivity contribution is 5.98. The molecule has 0 bridgehead atoms. The number of hydrogen-bond donors (Lipinski definition) is 1. The zero-order chi connectivity index (χ0) is 21.3. The number of halogens is 2. The summed E-state index contributed by atoms with van der Waals surface area (Å²) in [7, 11) is 1.82. The Morgan fingerprint density at radius 1 is 1.21 bits per heavy atom. The zero-order valence-corrected chi connectivity index (χ0v) is 17.1. The number of carbonyl (C=O) groups excluding carboxylic acids is 2. The summed E-state index contributed by atoms with van der Waals surface area (Å²) in [6, 6.07) is 2.56. The van der Waals surface area contributed by atoms with Crippen LogP contribution in [0.25, 0.3) is 0 Å². The highest BCUT2D eigenvalue weighted by Crippen LogP contribution is 2.25. The summed E-state index contributed by atoms with van der Waals surface area (Å²) >= 11 is 0. The van der Waals surface area contributed by atoms with Crippen LogP contribution in [-0.4, -0.2) is 45.5 Å². The molecule has 0 aliphatic carbocycles. The molecule has 1 N–H and O–H groups in total. The van der Waals surface area contributed by atoms with Gasteiger partial charge in [0.05, 0.1) is 28.7 Å². The van der Waals surface area contributed by atoms with E-state index in [2.05, 4.69) is 10.4 Å². The van der Waals surface area contributed by atoms with Gasteiger partial charge in [-0.3, -0.25) is 19.2 Å². The van der Waals surface area contributed by atoms with Crippen LogP contribution in [0.15, 0.2) is 18.2 Å². The van der Waals surface area contributed by atoms with Gasteiger partial charge in [-0.25, -0.2) is 8.78 Å². The average molecular weight is 404 g/mol. The Bertz CT molecular complexity index is 933. The molecule has 0 spiro atoms. The van der Waals surface area contributed by atoms with E-state index in [-0.39, 0.29) is 29.2 Å². The molecular weight excluding hydrogens is 378 g/mol. The minimum absolute atomic E-state index is 0.134. The number of anilines is 1. The molecular formula is C21H26F2N4O2. The maximum absolute atomic E-state index is 13.9. The zero-order valence-electron chi connectivity index (χ0n) is 17.1. The number of nitrogens with one attached hydrogen (secondary N) is 1. The molecule has 2 heterocycles. The molecule has 0 saturated carbocycles. The second-order valence-electron chi connectivity index (χ2n) is 7.63. The van der Waals surface area contributed by atoms with Gasteiger partial charge in [0.2, 0.25) is 5.91 Å². The Morgan fingerprint density at radius 3 is 2.45 bits per heavy atom. The van der Waals surface area contributed by atoms with Crippen molar-refractivity contribution in [1.82, 2.24) is 14.7 Å². The van der Waals surface area contributed by atoms with Gasteiger partial charge in [0.25, 0.3) is 0 Å². The van der Waals surface area contributed by atoms with E-state index in [4.69, 9.17) is 0 Å². The van der Waals surface area contributed by atoms with Gasteiger partial charge in [-0.05, 0) is 64.9 Å². The number of Topliss-reactive ketones (excluding diaryl/α,β-unsaturated/α-hetero) is 1. The van der Waals surface area contributed by atoms with Gasteiger partial charge < -0.3 is 5.32 Å². The summed E-state index contributed by atoms with van der Waals surface area (Å²) in [6.07, 6.45) is 0.995. The van der Waals surface area contributed by atoms with Crippen molar-refractivity contribution in [3.05, 3.63) is 46.8 Å². The van der Waals surface area contributed by atoms with Crippen molar-refractivity contribution in [1.29, 1.82) is 0 Å². The van der Waals surface area contributed by atoms with E-state index in [1.54, 1.807) is 4.68 Å². The third-order valence-corrected chi connectivity index (χ3v) is 5.78. The Morgan fingerprint density at radius 2 is 1.86 bits per heavy atom. The quantitative estimate of drug-likeness (QED) is 0.777. The van der Waals surface area contributed by atoms with Gasteiger partial charge in [0, 0.05) is 13.0 Å². The number of nitrogens with zero attached hydrogens (tertiary/aromatic N) is 3. The number of carbonyl (C=O) groups is 2. The van der Waals surface area contributed by atoms with Crippen LogP contribution in [-0.2, 0) is 11.8 Å². The van der Waals surface area contributed by atoms with Crippen LogP contribution in [0.4, 0.5) is 14.5 Å². The Kier molecular flexibility index (Phi) is 6.12. The van der Waals surface area contributed by atoms with Crippen molar-refractivity contribution in [2.24, 2.45) is 13.0 Å². The first-order valence-corrected chi connectivity index (χ1v) is 9.73. The fourth-order valence-corrected chi connectivity index (χ4v) is 3.80. The molecule has 1 atom stereocenters. The molecule has 1 aliphatic rings. The largest absolute Gasteiger partial charge is 0.322 e. The second-order valence-corrected chi connectivity index (χ2v) is 7.63. The van der Waals surface area contributed by atoms with E-state index in [0.717, 1.165) is 35.3 Å². The molecule has 1 aliphatic heterocycles. The SMILES string of the molecule is Cc1nn(C)c(C)c1NC(=O)[C@H](C)N1CCC(C(=O)c2cc(F)ccc2F)CC1. The summed E-state index contributed by atoms with van der Waals surface area (Å²) in [5.41, 5.74) is 2.16. The number of hydrogen-bond acceptors (Lipinski definition) is 4. The summed E-state index contributed by atoms with van der Waals surface area (Å²) in [5.74, 6) is -2.21. The lowest BCUT2D eigenvalue weighted by Gasteiger charge is -2.34. The first kappa shape index (κ1) is 21.1. The molecule has 1 aromatic heterocycles. The molecule has 0 unspecified atom stereocenters. The molecule has 3 rings (SSSR count). The number of piperidine rings is 1. The van der Waals surface area contributed by atoms with Crippen molar-refractivity contribution in [3.63, 3.8) is 0 Å². The maximum atomic E-state index is 13.9. The second kappa shape index (κ2) is 8.41. The van der Waals surface area contributed by atoms with Crippen molar-refractivity contribution >= 4 is 17.4 Å². The van der Waals surface area contributed by atoms with E-state index in [1.165, 1.54) is 0 Å². The fourth-order valence-electron chi connectivity index (χ4n) is 3.80. The summed E-state index contributed by atoms with van der Waals surface area (Å²) < 4.78 is 29.0. The summed E-state index contributed by atoms with van der Waals surface area (Å²) in [6.45, 7) is 6.63. The lowest BCUT2D eigenvalue weighted by Crippen LogP contribution is -2.47. The third kappa shape index (κ3) is 4.37. The summed E-state index contributed by atoms with van der Waals surface area (Å²) in [5, 5.41) is 7.25. The van der Waals surface area contributed by atoms with Crippen molar-refractivity contribution in [2.45, 2.75) is 39.7 Å². The Labute approximate surface area is 168 Å². The van der Waals surface area contributed by atoms with Crippen LogP contribution in [0.5, 0.6) is 0 Å². The number of ketones is 1. The normalized spacial score (nSPS) is 16.6. The van der Waals surface area contributed by atoms with Crippen LogP contribution in [0.3, 0.4) is 0 Å². The molecule has 156 valence electrons. The van der Waals surface area contributed by atoms with Gasteiger partial charge in [0.1, 0.15) is 11.6 Å². The standard InChI is InChI=1S/C21H26F2N4O2/c1-12-19(13(2)26(4)25-12)24-21(29)14(3)27-9-7-15(8-10-27)20(28)17-11-16(22)5-6-18(17)23/h5-6,11,14-15H,7-10H2,1-4H3,(H,24,29)/t14-/m0/s1.